The Kier molecular flexibility index (Phi) is 5.05. The van der Waals surface area contributed by atoms with Gasteiger partial charge in [-0.25, -0.2) is 0 Å². The van der Waals surface area contributed by atoms with Gasteiger partial charge in [-0.05, 0) is 23.8 Å². The van der Waals surface area contributed by atoms with Gasteiger partial charge in [0, 0.05) is 20.1 Å². The molecule has 0 unspecified atom stereocenters. The largest absolute Gasteiger partial charge is 0.381 e. The first-order valence-electron chi connectivity index (χ1n) is 5.49. The average molecular weight is 243 g/mol. The molecule has 0 spiro atoms. The maximum absolute atomic E-state index is 10.6. The highest BCUT2D eigenvalue weighted by Gasteiger charge is 2.18. The summed E-state index contributed by atoms with van der Waals surface area (Å²) in [5.41, 5.74) is 0. The number of rotatable bonds is 7. The summed E-state index contributed by atoms with van der Waals surface area (Å²) in [6.45, 7) is 6.90. The van der Waals surface area contributed by atoms with Gasteiger partial charge in [0.15, 0.2) is 6.29 Å². The second kappa shape index (κ2) is 6.31. The summed E-state index contributed by atoms with van der Waals surface area (Å²) in [6.07, 6.45) is 0.984. The van der Waals surface area contributed by atoms with Crippen molar-refractivity contribution in [1.29, 1.82) is 0 Å². The fourth-order valence-electron chi connectivity index (χ4n) is 1.45. The molecular formula is C10H17N3O4. The maximum atomic E-state index is 10.6. The van der Waals surface area contributed by atoms with Gasteiger partial charge in [0.05, 0.1) is 6.54 Å². The predicted molar refractivity (Wildman–Crippen MR) is 60.7 cm³/mol. The van der Waals surface area contributed by atoms with Crippen LogP contribution >= 0.6 is 0 Å². The van der Waals surface area contributed by atoms with Crippen LogP contribution in [0.15, 0.2) is 6.20 Å². The molecule has 7 heteroatoms. The molecule has 0 aliphatic heterocycles. The van der Waals surface area contributed by atoms with Crippen molar-refractivity contribution < 1.29 is 14.4 Å². The van der Waals surface area contributed by atoms with Crippen molar-refractivity contribution in [3.8, 4) is 0 Å². The van der Waals surface area contributed by atoms with E-state index in [2.05, 4.69) is 4.98 Å². The highest BCUT2D eigenvalue weighted by Crippen LogP contribution is 2.12. The van der Waals surface area contributed by atoms with Crippen LogP contribution in [0.25, 0.3) is 0 Å². The molecule has 0 N–H and O–H groups in total. The second-order valence-electron chi connectivity index (χ2n) is 3.40. The van der Waals surface area contributed by atoms with Gasteiger partial charge in [0.1, 0.15) is 6.20 Å². The molecule has 1 heterocycles. The van der Waals surface area contributed by atoms with Crippen molar-refractivity contribution >= 4 is 5.82 Å². The molecule has 17 heavy (non-hydrogen) atoms. The van der Waals surface area contributed by atoms with Crippen LogP contribution < -0.4 is 0 Å². The Morgan fingerprint density at radius 3 is 2.47 bits per heavy atom. The van der Waals surface area contributed by atoms with Crippen LogP contribution in [-0.4, -0.2) is 34.0 Å². The van der Waals surface area contributed by atoms with Crippen LogP contribution in [0.2, 0.25) is 0 Å². The zero-order valence-corrected chi connectivity index (χ0v) is 10.3. The third kappa shape index (κ3) is 3.79. The lowest BCUT2D eigenvalue weighted by Crippen LogP contribution is -2.23. The lowest BCUT2D eigenvalue weighted by molar-refractivity contribution is -0.389. The zero-order valence-electron chi connectivity index (χ0n) is 10.3. The Morgan fingerprint density at radius 1 is 1.47 bits per heavy atom. The van der Waals surface area contributed by atoms with Crippen LogP contribution in [0.1, 0.15) is 19.7 Å². The SMILES string of the molecule is CCOC(Cn1cc([N+](=O)[O-])nc1C)OCC. The van der Waals surface area contributed by atoms with E-state index in [1.54, 1.807) is 11.5 Å². The molecule has 0 atom stereocenters. The summed E-state index contributed by atoms with van der Waals surface area (Å²) in [4.78, 5) is 13.9. The Bertz CT molecular complexity index is 372. The molecule has 0 radical (unpaired) electrons. The first-order valence-corrected chi connectivity index (χ1v) is 5.49. The van der Waals surface area contributed by atoms with Gasteiger partial charge < -0.3 is 24.2 Å². The summed E-state index contributed by atoms with van der Waals surface area (Å²) in [6, 6.07) is 0. The van der Waals surface area contributed by atoms with Gasteiger partial charge in [0.2, 0.25) is 5.82 Å². The monoisotopic (exact) mass is 243 g/mol. The number of aromatic nitrogens is 2. The molecule has 0 bridgehead atoms. The number of ether oxygens (including phenoxy) is 2. The molecule has 1 rings (SSSR count). The Balaban J connectivity index is 2.74. The first kappa shape index (κ1) is 13.6. The van der Waals surface area contributed by atoms with Crippen molar-refractivity contribution in [2.45, 2.75) is 33.6 Å². The summed E-state index contributed by atoms with van der Waals surface area (Å²) in [7, 11) is 0. The summed E-state index contributed by atoms with van der Waals surface area (Å²) >= 11 is 0. The van der Waals surface area contributed by atoms with Gasteiger partial charge in [-0.2, -0.15) is 0 Å². The molecule has 0 saturated carbocycles. The van der Waals surface area contributed by atoms with E-state index in [0.29, 0.717) is 25.6 Å². The van der Waals surface area contributed by atoms with Crippen LogP contribution in [0.4, 0.5) is 5.82 Å². The second-order valence-corrected chi connectivity index (χ2v) is 3.40. The van der Waals surface area contributed by atoms with E-state index in [0.717, 1.165) is 0 Å². The summed E-state index contributed by atoms with van der Waals surface area (Å²) < 4.78 is 12.4. The number of aryl methyl sites for hydroxylation is 1. The first-order chi connectivity index (χ1) is 8.08. The van der Waals surface area contributed by atoms with E-state index in [-0.39, 0.29) is 5.82 Å². The normalized spacial score (nSPS) is 11.1. The van der Waals surface area contributed by atoms with E-state index >= 15 is 0 Å². The molecule has 0 aliphatic carbocycles. The van der Waals surface area contributed by atoms with Crippen LogP contribution in [0, 0.1) is 17.0 Å². The number of imidazole rings is 1. The number of nitro groups is 1. The minimum atomic E-state index is -0.514. The van der Waals surface area contributed by atoms with Crippen molar-refractivity contribution in [1.82, 2.24) is 9.55 Å². The van der Waals surface area contributed by atoms with Gasteiger partial charge in [0.25, 0.3) is 0 Å². The molecule has 0 amide bonds. The lowest BCUT2D eigenvalue weighted by Gasteiger charge is -2.17. The Morgan fingerprint density at radius 2 is 2.06 bits per heavy atom. The van der Waals surface area contributed by atoms with Gasteiger partial charge >= 0.3 is 5.82 Å². The van der Waals surface area contributed by atoms with E-state index in [9.17, 15) is 10.1 Å². The smallest absolute Gasteiger partial charge is 0.358 e. The standard InChI is InChI=1S/C10H17N3O4/c1-4-16-10(17-5-2)7-12-6-9(13(14)15)11-8(12)3/h6,10H,4-5,7H2,1-3H3. The van der Waals surface area contributed by atoms with Crippen molar-refractivity contribution in [2.75, 3.05) is 13.2 Å². The zero-order chi connectivity index (χ0) is 12.8. The molecule has 0 aliphatic rings. The lowest BCUT2D eigenvalue weighted by atomic mass is 10.5. The number of nitrogens with zero attached hydrogens (tertiary/aromatic N) is 3. The fraction of sp³-hybridized carbons (Fsp3) is 0.700. The third-order valence-electron chi connectivity index (χ3n) is 2.20. The highest BCUT2D eigenvalue weighted by molar-refractivity contribution is 5.16. The fourth-order valence-corrected chi connectivity index (χ4v) is 1.45. The highest BCUT2D eigenvalue weighted by atomic mass is 16.7. The van der Waals surface area contributed by atoms with Crippen LogP contribution in [0.5, 0.6) is 0 Å². The van der Waals surface area contributed by atoms with Crippen LogP contribution in [-0.2, 0) is 16.0 Å². The maximum Gasteiger partial charge on any atom is 0.381 e. The van der Waals surface area contributed by atoms with Crippen molar-refractivity contribution in [3.05, 3.63) is 22.1 Å². The Labute approximate surface area is 99.5 Å². The predicted octanol–water partition coefficient (Wildman–Crippen LogP) is 1.50. The van der Waals surface area contributed by atoms with Crippen molar-refractivity contribution in [2.24, 2.45) is 0 Å². The molecule has 96 valence electrons. The quantitative estimate of drug-likeness (QED) is 0.412. The van der Waals surface area contributed by atoms with Crippen LogP contribution in [0.3, 0.4) is 0 Å². The minimum Gasteiger partial charge on any atom is -0.358 e. The van der Waals surface area contributed by atoms with Gasteiger partial charge in [-0.15, -0.1) is 0 Å². The molecule has 1 aromatic heterocycles. The third-order valence-corrected chi connectivity index (χ3v) is 2.20. The number of hydrogen-bond acceptors (Lipinski definition) is 5. The van der Waals surface area contributed by atoms with E-state index in [4.69, 9.17) is 9.47 Å². The Hall–Kier alpha value is -1.47. The van der Waals surface area contributed by atoms with E-state index in [1.807, 2.05) is 13.8 Å². The summed E-state index contributed by atoms with van der Waals surface area (Å²) in [5, 5.41) is 10.6. The van der Waals surface area contributed by atoms with Crippen molar-refractivity contribution in [3.63, 3.8) is 0 Å². The molecule has 1 aromatic rings. The molecule has 0 aromatic carbocycles. The molecular weight excluding hydrogens is 226 g/mol. The molecule has 0 fully saturated rings. The number of hydrogen-bond donors (Lipinski definition) is 0. The van der Waals surface area contributed by atoms with E-state index < -0.39 is 11.2 Å². The molecule has 7 nitrogen and oxygen atoms in total. The van der Waals surface area contributed by atoms with Gasteiger partial charge in [-0.3, -0.25) is 0 Å². The van der Waals surface area contributed by atoms with Gasteiger partial charge in [-0.1, -0.05) is 0 Å². The topological polar surface area (TPSA) is 79.4 Å². The minimum absolute atomic E-state index is 0.158. The summed E-state index contributed by atoms with van der Waals surface area (Å²) in [5.74, 6) is 0.412. The average Bonchev–Trinajstić information content (AvgIpc) is 2.61. The molecule has 0 saturated heterocycles. The van der Waals surface area contributed by atoms with E-state index in [1.165, 1.54) is 6.20 Å².